The number of rotatable bonds is 8. The lowest BCUT2D eigenvalue weighted by atomic mass is 10.0. The molecular weight excluding hydrogens is 446 g/mol. The fraction of sp³-hybridized carbons (Fsp3) is 0.348. The molecule has 10 heteroatoms. The van der Waals surface area contributed by atoms with Crippen LogP contribution in [0.2, 0.25) is 5.02 Å². The Morgan fingerprint density at radius 2 is 1.88 bits per heavy atom. The quantitative estimate of drug-likeness (QED) is 0.345. The summed E-state index contributed by atoms with van der Waals surface area (Å²) in [5.74, 6) is -1.19. The number of hydrogen-bond donors (Lipinski definition) is 2. The molecular formula is C23H26ClN5O4. The predicted octanol–water partition coefficient (Wildman–Crippen LogP) is 3.75. The van der Waals surface area contributed by atoms with Gasteiger partial charge in [0.15, 0.2) is 0 Å². The second-order valence-electron chi connectivity index (χ2n) is 8.11. The van der Waals surface area contributed by atoms with Gasteiger partial charge in [-0.3, -0.25) is 19.7 Å². The van der Waals surface area contributed by atoms with Gasteiger partial charge in [0, 0.05) is 24.7 Å². The number of nitro benzene ring substituents is 1. The van der Waals surface area contributed by atoms with Crippen LogP contribution in [0.25, 0.3) is 0 Å². The minimum absolute atomic E-state index is 0.000707. The van der Waals surface area contributed by atoms with Crippen LogP contribution in [0.1, 0.15) is 42.6 Å². The summed E-state index contributed by atoms with van der Waals surface area (Å²) in [4.78, 5) is 38.3. The Morgan fingerprint density at radius 1 is 1.18 bits per heavy atom. The standard InChI is InChI=1S/C23H26ClN5O4/c1-15(2)21(26-22(30)17-7-3-4-8-18(17)24)23(31)27-25-14-16-9-10-19(20(13-16)29(32)33)28-11-5-6-12-28/h3-4,7-10,13-15,21H,5-6,11-12H2,1-2H3,(H,26,30)(H,27,31). The van der Waals surface area contributed by atoms with Gasteiger partial charge in [0.05, 0.1) is 21.7 Å². The number of halogens is 1. The molecule has 9 nitrogen and oxygen atoms in total. The van der Waals surface area contributed by atoms with Crippen molar-refractivity contribution in [3.63, 3.8) is 0 Å². The maximum Gasteiger partial charge on any atom is 0.293 e. The Balaban J connectivity index is 1.68. The third-order valence-corrected chi connectivity index (χ3v) is 5.72. The van der Waals surface area contributed by atoms with Crippen molar-refractivity contribution in [2.45, 2.75) is 32.7 Å². The molecule has 2 aromatic rings. The van der Waals surface area contributed by atoms with Gasteiger partial charge in [0.2, 0.25) is 0 Å². The minimum Gasteiger partial charge on any atom is -0.366 e. The van der Waals surface area contributed by atoms with Gasteiger partial charge in [-0.1, -0.05) is 43.6 Å². The van der Waals surface area contributed by atoms with Crippen molar-refractivity contribution < 1.29 is 14.5 Å². The first-order valence-corrected chi connectivity index (χ1v) is 11.1. The maximum atomic E-state index is 12.6. The van der Waals surface area contributed by atoms with Gasteiger partial charge in [-0.15, -0.1) is 0 Å². The highest BCUT2D eigenvalue weighted by Gasteiger charge is 2.25. The van der Waals surface area contributed by atoms with Crippen LogP contribution < -0.4 is 15.6 Å². The fourth-order valence-corrected chi connectivity index (χ4v) is 3.85. The first-order valence-electron chi connectivity index (χ1n) is 10.7. The van der Waals surface area contributed by atoms with E-state index in [0.717, 1.165) is 25.9 Å². The summed E-state index contributed by atoms with van der Waals surface area (Å²) in [6, 6.07) is 10.6. The Bertz CT molecular complexity index is 1070. The molecule has 1 atom stereocenters. The van der Waals surface area contributed by atoms with Gasteiger partial charge in [-0.25, -0.2) is 5.43 Å². The number of hydrogen-bond acceptors (Lipinski definition) is 6. The molecule has 0 aliphatic carbocycles. The van der Waals surface area contributed by atoms with E-state index in [2.05, 4.69) is 15.8 Å². The van der Waals surface area contributed by atoms with E-state index >= 15 is 0 Å². The number of hydrazone groups is 1. The summed E-state index contributed by atoms with van der Waals surface area (Å²) >= 11 is 6.06. The van der Waals surface area contributed by atoms with Crippen molar-refractivity contribution in [3.05, 3.63) is 68.7 Å². The molecule has 174 valence electrons. The zero-order valence-electron chi connectivity index (χ0n) is 18.5. The normalized spacial score (nSPS) is 14.5. The van der Waals surface area contributed by atoms with E-state index in [1.165, 1.54) is 12.3 Å². The van der Waals surface area contributed by atoms with Crippen LogP contribution in [0.4, 0.5) is 11.4 Å². The molecule has 1 heterocycles. The SMILES string of the molecule is CC(C)C(NC(=O)c1ccccc1Cl)C(=O)NN=Cc1ccc(N2CCCC2)c([N+](=O)[O-])c1. The molecule has 3 rings (SSSR count). The minimum atomic E-state index is -0.849. The Labute approximate surface area is 197 Å². The second-order valence-corrected chi connectivity index (χ2v) is 8.52. The lowest BCUT2D eigenvalue weighted by Crippen LogP contribution is -2.48. The van der Waals surface area contributed by atoms with Gasteiger partial charge < -0.3 is 10.2 Å². The van der Waals surface area contributed by atoms with E-state index < -0.39 is 22.8 Å². The number of amides is 2. The van der Waals surface area contributed by atoms with E-state index in [-0.39, 0.29) is 22.2 Å². The summed E-state index contributed by atoms with van der Waals surface area (Å²) in [5.41, 5.74) is 3.74. The fourth-order valence-electron chi connectivity index (χ4n) is 3.63. The summed E-state index contributed by atoms with van der Waals surface area (Å²) < 4.78 is 0. The highest BCUT2D eigenvalue weighted by Crippen LogP contribution is 2.31. The van der Waals surface area contributed by atoms with E-state index in [9.17, 15) is 19.7 Å². The zero-order chi connectivity index (χ0) is 24.0. The summed E-state index contributed by atoms with van der Waals surface area (Å²) in [5, 5.41) is 18.4. The molecule has 1 aliphatic rings. The molecule has 1 unspecified atom stereocenters. The highest BCUT2D eigenvalue weighted by molar-refractivity contribution is 6.33. The number of benzene rings is 2. The highest BCUT2D eigenvalue weighted by atomic mass is 35.5. The predicted molar refractivity (Wildman–Crippen MR) is 128 cm³/mol. The average Bonchev–Trinajstić information content (AvgIpc) is 3.32. The van der Waals surface area contributed by atoms with Crippen molar-refractivity contribution in [1.82, 2.24) is 10.7 Å². The molecule has 0 radical (unpaired) electrons. The number of nitrogens with zero attached hydrogens (tertiary/aromatic N) is 3. The summed E-state index contributed by atoms with van der Waals surface area (Å²) in [6.45, 7) is 5.17. The molecule has 2 N–H and O–H groups in total. The van der Waals surface area contributed by atoms with Crippen LogP contribution >= 0.6 is 11.6 Å². The molecule has 0 bridgehead atoms. The smallest absolute Gasteiger partial charge is 0.293 e. The third kappa shape index (κ3) is 6.07. The number of carbonyl (C=O) groups is 2. The van der Waals surface area contributed by atoms with E-state index in [1.807, 2.05) is 4.90 Å². The molecule has 0 aromatic heterocycles. The van der Waals surface area contributed by atoms with Crippen molar-refractivity contribution in [3.8, 4) is 0 Å². The summed E-state index contributed by atoms with van der Waals surface area (Å²) in [7, 11) is 0. The Hall–Kier alpha value is -3.46. The molecule has 0 saturated carbocycles. The van der Waals surface area contributed by atoms with E-state index in [1.54, 1.807) is 50.2 Å². The largest absolute Gasteiger partial charge is 0.366 e. The van der Waals surface area contributed by atoms with Gasteiger partial charge in [0.1, 0.15) is 11.7 Å². The number of anilines is 1. The topological polar surface area (TPSA) is 117 Å². The zero-order valence-corrected chi connectivity index (χ0v) is 19.2. The van der Waals surface area contributed by atoms with Crippen LogP contribution in [-0.2, 0) is 4.79 Å². The van der Waals surface area contributed by atoms with Crippen molar-refractivity contribution >= 4 is 41.0 Å². The molecule has 1 aliphatic heterocycles. The second kappa shape index (κ2) is 10.9. The van der Waals surface area contributed by atoms with Crippen LogP contribution in [-0.4, -0.2) is 42.1 Å². The molecule has 0 spiro atoms. The average molecular weight is 472 g/mol. The first-order chi connectivity index (χ1) is 15.8. The van der Waals surface area contributed by atoms with Crippen LogP contribution in [0.3, 0.4) is 0 Å². The van der Waals surface area contributed by atoms with Crippen LogP contribution in [0, 0.1) is 16.0 Å². The third-order valence-electron chi connectivity index (χ3n) is 5.39. The van der Waals surface area contributed by atoms with E-state index in [4.69, 9.17) is 11.6 Å². The molecule has 2 amide bonds. The lowest BCUT2D eigenvalue weighted by molar-refractivity contribution is -0.384. The Morgan fingerprint density at radius 3 is 2.52 bits per heavy atom. The van der Waals surface area contributed by atoms with Gasteiger partial charge >= 0.3 is 0 Å². The molecule has 2 aromatic carbocycles. The lowest BCUT2D eigenvalue weighted by Gasteiger charge is -2.20. The Kier molecular flexibility index (Phi) is 8.00. The van der Waals surface area contributed by atoms with E-state index in [0.29, 0.717) is 11.3 Å². The van der Waals surface area contributed by atoms with Crippen LogP contribution in [0.5, 0.6) is 0 Å². The van der Waals surface area contributed by atoms with Crippen molar-refractivity contribution in [2.75, 3.05) is 18.0 Å². The monoisotopic (exact) mass is 471 g/mol. The summed E-state index contributed by atoms with van der Waals surface area (Å²) in [6.07, 6.45) is 3.36. The molecule has 1 fully saturated rings. The number of nitrogens with one attached hydrogen (secondary N) is 2. The van der Waals surface area contributed by atoms with Crippen molar-refractivity contribution in [2.24, 2.45) is 11.0 Å². The first kappa shape index (κ1) is 24.2. The van der Waals surface area contributed by atoms with Crippen LogP contribution in [0.15, 0.2) is 47.6 Å². The number of carbonyl (C=O) groups excluding carboxylic acids is 2. The molecule has 33 heavy (non-hydrogen) atoms. The van der Waals surface area contributed by atoms with Crippen molar-refractivity contribution in [1.29, 1.82) is 0 Å². The maximum absolute atomic E-state index is 12.6. The molecule has 1 saturated heterocycles. The van der Waals surface area contributed by atoms with Gasteiger partial charge in [0.25, 0.3) is 17.5 Å². The number of nitro groups is 1. The van der Waals surface area contributed by atoms with Gasteiger partial charge in [-0.2, -0.15) is 5.10 Å². The van der Waals surface area contributed by atoms with Gasteiger partial charge in [-0.05, 0) is 37.0 Å².